The molecule has 1 heterocycles. The maximum Gasteiger partial charge on any atom is 0.240 e. The number of anilines is 1. The van der Waals surface area contributed by atoms with Gasteiger partial charge in [0.15, 0.2) is 5.58 Å². The molecule has 0 aliphatic heterocycles. The molecule has 7 nitrogen and oxygen atoms in total. The number of rotatable bonds is 8. The summed E-state index contributed by atoms with van der Waals surface area (Å²) in [5.74, 6) is -0.262. The molecule has 4 rings (SSSR count). The lowest BCUT2D eigenvalue weighted by Crippen LogP contribution is -2.26. The van der Waals surface area contributed by atoms with Crippen LogP contribution in [-0.4, -0.2) is 26.0 Å². The normalized spacial score (nSPS) is 11.6. The van der Waals surface area contributed by atoms with Crippen LogP contribution in [0.3, 0.4) is 0 Å². The van der Waals surface area contributed by atoms with E-state index in [1.807, 2.05) is 56.3 Å². The van der Waals surface area contributed by atoms with E-state index in [9.17, 15) is 13.2 Å². The summed E-state index contributed by atoms with van der Waals surface area (Å²) in [7, 11) is -3.63. The second kappa shape index (κ2) is 9.56. The molecule has 3 aromatic carbocycles. The number of hydrogen-bond acceptors (Lipinski definition) is 5. The van der Waals surface area contributed by atoms with Crippen molar-refractivity contribution in [3.63, 3.8) is 0 Å². The summed E-state index contributed by atoms with van der Waals surface area (Å²) in [4.78, 5) is 12.7. The van der Waals surface area contributed by atoms with Crippen LogP contribution >= 0.6 is 0 Å². The molecule has 0 spiro atoms. The quantitative estimate of drug-likeness (QED) is 0.409. The first-order valence-electron chi connectivity index (χ1n) is 10.6. The van der Waals surface area contributed by atoms with E-state index in [2.05, 4.69) is 15.2 Å². The zero-order chi connectivity index (χ0) is 23.4. The molecule has 0 radical (unpaired) electrons. The highest BCUT2D eigenvalue weighted by Gasteiger charge is 2.16. The predicted molar refractivity (Wildman–Crippen MR) is 128 cm³/mol. The van der Waals surface area contributed by atoms with Gasteiger partial charge in [-0.3, -0.25) is 4.79 Å². The molecule has 170 valence electrons. The molecule has 0 aliphatic rings. The molecule has 0 unspecified atom stereocenters. The Hall–Kier alpha value is -3.49. The molecular weight excluding hydrogens is 438 g/mol. The van der Waals surface area contributed by atoms with E-state index >= 15 is 0 Å². The van der Waals surface area contributed by atoms with Gasteiger partial charge in [0, 0.05) is 17.6 Å². The Kier molecular flexibility index (Phi) is 6.57. The first-order chi connectivity index (χ1) is 15.8. The fraction of sp³-hybridized carbons (Fsp3) is 0.200. The van der Waals surface area contributed by atoms with Crippen molar-refractivity contribution in [2.75, 3.05) is 11.9 Å². The zero-order valence-corrected chi connectivity index (χ0v) is 19.3. The number of sulfonamides is 1. The molecule has 0 atom stereocenters. The summed E-state index contributed by atoms with van der Waals surface area (Å²) in [5, 5.41) is 7.68. The van der Waals surface area contributed by atoms with Gasteiger partial charge in [-0.05, 0) is 67.3 Å². The van der Waals surface area contributed by atoms with Gasteiger partial charge < -0.3 is 9.84 Å². The van der Waals surface area contributed by atoms with Crippen molar-refractivity contribution in [2.45, 2.75) is 31.6 Å². The van der Waals surface area contributed by atoms with Crippen LogP contribution in [-0.2, 0) is 27.7 Å². The number of fused-ring (bicyclic) bond motifs is 1. The lowest BCUT2D eigenvalue weighted by Gasteiger charge is -2.09. The second-order valence-corrected chi connectivity index (χ2v) is 9.73. The molecule has 0 aliphatic carbocycles. The highest BCUT2D eigenvalue weighted by Crippen LogP contribution is 2.25. The van der Waals surface area contributed by atoms with E-state index in [1.54, 1.807) is 12.1 Å². The number of carbonyl (C=O) groups excluding carboxylic acids is 1. The summed E-state index contributed by atoms with van der Waals surface area (Å²) in [6.45, 7) is 4.24. The van der Waals surface area contributed by atoms with Gasteiger partial charge in [0.25, 0.3) is 0 Å². The number of aromatic nitrogens is 1. The Morgan fingerprint density at radius 1 is 1.00 bits per heavy atom. The standard InChI is InChI=1S/C25H25N3O4S/c1-17-14-18(2)25-22(28-32-23(25)15-17)16-24(29)27-20-8-10-21(11-9-20)33(30,31)26-13-12-19-6-4-3-5-7-19/h3-11,14-15,26H,12-13,16H2,1-2H3,(H,27,29). The SMILES string of the molecule is Cc1cc(C)c2c(CC(=O)Nc3ccc(S(=O)(=O)NCCc4ccccc4)cc3)noc2c1. The van der Waals surface area contributed by atoms with Crippen LogP contribution in [0.1, 0.15) is 22.4 Å². The number of amides is 1. The molecular formula is C25H25N3O4S. The van der Waals surface area contributed by atoms with Crippen molar-refractivity contribution in [2.24, 2.45) is 0 Å². The number of nitrogens with zero attached hydrogens (tertiary/aromatic N) is 1. The van der Waals surface area contributed by atoms with Crippen LogP contribution < -0.4 is 10.0 Å². The highest BCUT2D eigenvalue weighted by molar-refractivity contribution is 7.89. The van der Waals surface area contributed by atoms with Gasteiger partial charge in [-0.15, -0.1) is 0 Å². The van der Waals surface area contributed by atoms with Gasteiger partial charge in [-0.25, -0.2) is 13.1 Å². The largest absolute Gasteiger partial charge is 0.356 e. The molecule has 2 N–H and O–H groups in total. The third kappa shape index (κ3) is 5.47. The first kappa shape index (κ1) is 22.7. The number of nitrogens with one attached hydrogen (secondary N) is 2. The maximum absolute atomic E-state index is 12.5. The van der Waals surface area contributed by atoms with Crippen molar-refractivity contribution in [3.05, 3.63) is 89.1 Å². The molecule has 0 saturated carbocycles. The topological polar surface area (TPSA) is 101 Å². The van der Waals surface area contributed by atoms with Crippen molar-refractivity contribution in [3.8, 4) is 0 Å². The molecule has 0 fully saturated rings. The van der Waals surface area contributed by atoms with Crippen molar-refractivity contribution < 1.29 is 17.7 Å². The van der Waals surface area contributed by atoms with Gasteiger partial charge >= 0.3 is 0 Å². The van der Waals surface area contributed by atoms with Crippen LogP contribution in [0.2, 0.25) is 0 Å². The van der Waals surface area contributed by atoms with Gasteiger partial charge in [-0.1, -0.05) is 41.6 Å². The Bertz CT molecular complexity index is 1380. The Morgan fingerprint density at radius 2 is 1.73 bits per heavy atom. The van der Waals surface area contributed by atoms with Crippen LogP contribution in [0.5, 0.6) is 0 Å². The van der Waals surface area contributed by atoms with E-state index in [4.69, 9.17) is 4.52 Å². The number of benzene rings is 3. The minimum atomic E-state index is -3.63. The molecule has 1 aromatic heterocycles. The summed E-state index contributed by atoms with van der Waals surface area (Å²) < 4.78 is 33.0. The number of aryl methyl sites for hydroxylation is 2. The molecule has 1 amide bonds. The minimum Gasteiger partial charge on any atom is -0.356 e. The van der Waals surface area contributed by atoms with Crippen molar-refractivity contribution in [1.82, 2.24) is 9.88 Å². The minimum absolute atomic E-state index is 0.0536. The van der Waals surface area contributed by atoms with Crippen molar-refractivity contribution in [1.29, 1.82) is 0 Å². The Balaban J connectivity index is 1.36. The zero-order valence-electron chi connectivity index (χ0n) is 18.5. The third-order valence-electron chi connectivity index (χ3n) is 5.31. The fourth-order valence-corrected chi connectivity index (χ4v) is 4.81. The smallest absolute Gasteiger partial charge is 0.240 e. The monoisotopic (exact) mass is 463 g/mol. The van der Waals surface area contributed by atoms with Crippen LogP contribution in [0.15, 0.2) is 76.1 Å². The average Bonchev–Trinajstić information content (AvgIpc) is 3.17. The van der Waals surface area contributed by atoms with E-state index in [1.165, 1.54) is 12.1 Å². The molecule has 0 saturated heterocycles. The lowest BCUT2D eigenvalue weighted by atomic mass is 10.0. The molecule has 4 aromatic rings. The van der Waals surface area contributed by atoms with Crippen LogP contribution in [0, 0.1) is 13.8 Å². The average molecular weight is 464 g/mol. The molecule has 33 heavy (non-hydrogen) atoms. The van der Waals surface area contributed by atoms with Crippen molar-refractivity contribution >= 4 is 32.6 Å². The van der Waals surface area contributed by atoms with Gasteiger partial charge in [0.05, 0.1) is 11.3 Å². The first-order valence-corrected chi connectivity index (χ1v) is 12.1. The summed E-state index contributed by atoms with van der Waals surface area (Å²) in [5.41, 5.74) is 4.86. The Labute approximate surface area is 192 Å². The van der Waals surface area contributed by atoms with Crippen LogP contribution in [0.25, 0.3) is 11.0 Å². The number of carbonyl (C=O) groups is 1. The number of hydrogen-bond donors (Lipinski definition) is 2. The highest BCUT2D eigenvalue weighted by atomic mass is 32.2. The van der Waals surface area contributed by atoms with Crippen LogP contribution in [0.4, 0.5) is 5.69 Å². The maximum atomic E-state index is 12.5. The lowest BCUT2D eigenvalue weighted by molar-refractivity contribution is -0.115. The summed E-state index contributed by atoms with van der Waals surface area (Å²) in [6.07, 6.45) is 0.655. The predicted octanol–water partition coefficient (Wildman–Crippen LogP) is 4.15. The van der Waals surface area contributed by atoms with Gasteiger partial charge in [0.2, 0.25) is 15.9 Å². The van der Waals surface area contributed by atoms with E-state index < -0.39 is 10.0 Å². The van der Waals surface area contributed by atoms with E-state index in [-0.39, 0.29) is 17.2 Å². The van der Waals surface area contributed by atoms with Gasteiger partial charge in [0.1, 0.15) is 5.69 Å². The molecule has 0 bridgehead atoms. The second-order valence-electron chi connectivity index (χ2n) is 7.97. The third-order valence-corrected chi connectivity index (χ3v) is 6.79. The van der Waals surface area contributed by atoms with Gasteiger partial charge in [-0.2, -0.15) is 0 Å². The molecule has 8 heteroatoms. The Morgan fingerprint density at radius 3 is 2.45 bits per heavy atom. The summed E-state index contributed by atoms with van der Waals surface area (Å²) >= 11 is 0. The summed E-state index contributed by atoms with van der Waals surface area (Å²) in [6, 6.07) is 19.7. The van der Waals surface area contributed by atoms with E-state index in [0.29, 0.717) is 29.9 Å². The fourth-order valence-electron chi connectivity index (χ4n) is 3.77. The van der Waals surface area contributed by atoms with E-state index in [0.717, 1.165) is 22.1 Å².